The fourth-order valence-electron chi connectivity index (χ4n) is 5.87. The number of nitrogens with one attached hydrogen (secondary N) is 1. The quantitative estimate of drug-likeness (QED) is 0.250. The number of fused-ring (bicyclic) bond motifs is 11. The summed E-state index contributed by atoms with van der Waals surface area (Å²) in [4.78, 5) is 3.65. The summed E-state index contributed by atoms with van der Waals surface area (Å²) in [5.41, 5.74) is 6.05. The molecule has 0 spiro atoms. The molecule has 2 aromatic heterocycles. The van der Waals surface area contributed by atoms with Crippen LogP contribution in [-0.4, -0.2) is 9.55 Å². The average molecular weight is 433 g/mol. The fourth-order valence-corrected chi connectivity index (χ4v) is 5.87. The molecule has 0 atom stereocenters. The van der Waals surface area contributed by atoms with E-state index >= 15 is 0 Å². The Bertz CT molecular complexity index is 2060. The summed E-state index contributed by atoms with van der Waals surface area (Å²) in [6.45, 7) is 0. The molecule has 0 fully saturated rings. The number of H-pyrrole nitrogens is 1. The van der Waals surface area contributed by atoms with Crippen LogP contribution in [0.3, 0.4) is 0 Å². The van der Waals surface area contributed by atoms with Gasteiger partial charge in [0.05, 0.1) is 11.0 Å². The minimum absolute atomic E-state index is 1.18. The van der Waals surface area contributed by atoms with Crippen molar-refractivity contribution < 1.29 is 0 Å². The molecule has 8 aromatic rings. The predicted octanol–water partition coefficient (Wildman–Crippen LogP) is 8.72. The van der Waals surface area contributed by atoms with Crippen LogP contribution >= 0.6 is 0 Å². The summed E-state index contributed by atoms with van der Waals surface area (Å²) < 4.78 is 2.44. The Labute approximate surface area is 195 Å². The zero-order chi connectivity index (χ0) is 22.2. The molecule has 0 saturated heterocycles. The summed E-state index contributed by atoms with van der Waals surface area (Å²) in [6.07, 6.45) is 0. The van der Waals surface area contributed by atoms with E-state index in [4.69, 9.17) is 0 Å². The van der Waals surface area contributed by atoms with Gasteiger partial charge in [0.25, 0.3) is 0 Å². The van der Waals surface area contributed by atoms with Crippen LogP contribution in [0.2, 0.25) is 0 Å². The molecule has 0 aliphatic rings. The third kappa shape index (κ3) is 2.24. The minimum Gasteiger partial charge on any atom is -0.354 e. The second kappa shape index (κ2) is 6.49. The van der Waals surface area contributed by atoms with Gasteiger partial charge in [0.2, 0.25) is 0 Å². The molecule has 1 N–H and O–H groups in total. The second-order valence-electron chi connectivity index (χ2n) is 9.07. The van der Waals surface area contributed by atoms with Crippen LogP contribution < -0.4 is 0 Å². The van der Waals surface area contributed by atoms with Crippen LogP contribution in [0, 0.1) is 0 Å². The van der Waals surface area contributed by atoms with E-state index in [1.165, 1.54) is 70.8 Å². The van der Waals surface area contributed by atoms with E-state index in [0.717, 1.165) is 0 Å². The number of hydrogen-bond acceptors (Lipinski definition) is 0. The highest BCUT2D eigenvalue weighted by molar-refractivity contribution is 6.33. The Balaban J connectivity index is 1.73. The maximum Gasteiger partial charge on any atom is 0.0626 e. The highest BCUT2D eigenvalue weighted by Crippen LogP contribution is 2.43. The number of aromatic nitrogens is 2. The van der Waals surface area contributed by atoms with Crippen molar-refractivity contribution in [2.75, 3.05) is 0 Å². The van der Waals surface area contributed by atoms with Gasteiger partial charge in [-0.2, -0.15) is 0 Å². The lowest BCUT2D eigenvalue weighted by molar-refractivity contribution is 1.19. The maximum absolute atomic E-state index is 3.65. The van der Waals surface area contributed by atoms with E-state index in [1.807, 2.05) is 0 Å². The molecule has 0 bridgehead atoms. The molecule has 2 heterocycles. The van der Waals surface area contributed by atoms with E-state index in [0.29, 0.717) is 0 Å². The molecule has 6 aromatic carbocycles. The van der Waals surface area contributed by atoms with Crippen LogP contribution in [0.4, 0.5) is 0 Å². The van der Waals surface area contributed by atoms with Crippen molar-refractivity contribution in [1.82, 2.24) is 9.55 Å². The number of hydrogen-bond donors (Lipinski definition) is 1. The molecule has 0 aliphatic carbocycles. The molecule has 0 radical (unpaired) electrons. The van der Waals surface area contributed by atoms with Crippen LogP contribution in [0.25, 0.3) is 70.8 Å². The normalized spacial score (nSPS) is 12.1. The van der Waals surface area contributed by atoms with Crippen LogP contribution in [-0.2, 0) is 0 Å². The Kier molecular flexibility index (Phi) is 3.42. The lowest BCUT2D eigenvalue weighted by Crippen LogP contribution is -1.94. The van der Waals surface area contributed by atoms with Gasteiger partial charge in [-0.05, 0) is 52.6 Å². The number of nitrogens with zero attached hydrogens (tertiary/aromatic N) is 1. The zero-order valence-corrected chi connectivity index (χ0v) is 18.4. The molecule has 2 nitrogen and oxygen atoms in total. The first-order valence-electron chi connectivity index (χ1n) is 11.7. The van der Waals surface area contributed by atoms with E-state index < -0.39 is 0 Å². The number of rotatable bonds is 1. The first-order chi connectivity index (χ1) is 16.9. The third-order valence-electron chi connectivity index (χ3n) is 7.28. The molecule has 158 valence electrons. The van der Waals surface area contributed by atoms with Gasteiger partial charge in [-0.1, -0.05) is 78.9 Å². The third-order valence-corrected chi connectivity index (χ3v) is 7.28. The molecule has 0 aliphatic heterocycles. The van der Waals surface area contributed by atoms with Gasteiger partial charge < -0.3 is 9.55 Å². The Morgan fingerprint density at radius 2 is 1.12 bits per heavy atom. The standard InChI is InChI=1S/C32H20N2/c1-2-10-20(11-3-1)34-30-17-9-7-15-24(30)31-23-14-5-4-12-21(23)25-19-29-26(18-27(25)32(31)34)22-13-6-8-16-28(22)33-29/h1-19,33H. The maximum atomic E-state index is 3.65. The molecular weight excluding hydrogens is 412 g/mol. The Hall–Kier alpha value is -4.56. The summed E-state index contributed by atoms with van der Waals surface area (Å²) in [6, 6.07) is 41.7. The van der Waals surface area contributed by atoms with E-state index in [-0.39, 0.29) is 0 Å². The van der Waals surface area contributed by atoms with E-state index in [9.17, 15) is 0 Å². The number of para-hydroxylation sites is 3. The zero-order valence-electron chi connectivity index (χ0n) is 18.4. The predicted molar refractivity (Wildman–Crippen MR) is 145 cm³/mol. The average Bonchev–Trinajstić information content (AvgIpc) is 3.44. The SMILES string of the molecule is c1ccc(-n2c3ccccc3c3c4ccccc4c4cc5[nH]c6ccccc6c5cc4c32)cc1. The summed E-state index contributed by atoms with van der Waals surface area (Å²) in [5.74, 6) is 0. The van der Waals surface area contributed by atoms with Crippen molar-refractivity contribution in [1.29, 1.82) is 0 Å². The van der Waals surface area contributed by atoms with E-state index in [2.05, 4.69) is 125 Å². The van der Waals surface area contributed by atoms with Crippen molar-refractivity contribution in [2.45, 2.75) is 0 Å². The monoisotopic (exact) mass is 432 g/mol. The van der Waals surface area contributed by atoms with Crippen LogP contribution in [0.5, 0.6) is 0 Å². The number of aromatic amines is 1. The molecule has 0 unspecified atom stereocenters. The van der Waals surface area contributed by atoms with Gasteiger partial charge in [0, 0.05) is 43.7 Å². The first-order valence-corrected chi connectivity index (χ1v) is 11.7. The second-order valence-corrected chi connectivity index (χ2v) is 9.07. The molecule has 0 saturated carbocycles. The molecule has 2 heteroatoms. The van der Waals surface area contributed by atoms with Crippen LogP contribution in [0.15, 0.2) is 115 Å². The van der Waals surface area contributed by atoms with Gasteiger partial charge in [0.1, 0.15) is 0 Å². The Morgan fingerprint density at radius 1 is 0.441 bits per heavy atom. The van der Waals surface area contributed by atoms with E-state index in [1.54, 1.807) is 0 Å². The Morgan fingerprint density at radius 3 is 1.97 bits per heavy atom. The number of benzene rings is 6. The highest BCUT2D eigenvalue weighted by atomic mass is 15.0. The van der Waals surface area contributed by atoms with Gasteiger partial charge >= 0.3 is 0 Å². The lowest BCUT2D eigenvalue weighted by atomic mass is 9.95. The van der Waals surface area contributed by atoms with Crippen molar-refractivity contribution in [3.05, 3.63) is 115 Å². The molecule has 34 heavy (non-hydrogen) atoms. The smallest absolute Gasteiger partial charge is 0.0626 e. The summed E-state index contributed by atoms with van der Waals surface area (Å²) >= 11 is 0. The minimum atomic E-state index is 1.18. The first kappa shape index (κ1) is 17.9. The highest BCUT2D eigenvalue weighted by Gasteiger charge is 2.19. The summed E-state index contributed by atoms with van der Waals surface area (Å²) in [7, 11) is 0. The topological polar surface area (TPSA) is 20.7 Å². The van der Waals surface area contributed by atoms with Gasteiger partial charge in [-0.15, -0.1) is 0 Å². The lowest BCUT2D eigenvalue weighted by Gasteiger charge is -2.12. The van der Waals surface area contributed by atoms with Crippen molar-refractivity contribution in [3.63, 3.8) is 0 Å². The summed E-state index contributed by atoms with van der Waals surface area (Å²) in [5, 5.41) is 10.3. The van der Waals surface area contributed by atoms with Crippen molar-refractivity contribution in [3.8, 4) is 5.69 Å². The molecule has 8 rings (SSSR count). The van der Waals surface area contributed by atoms with Crippen molar-refractivity contribution in [2.24, 2.45) is 0 Å². The largest absolute Gasteiger partial charge is 0.354 e. The molecular formula is C32H20N2. The van der Waals surface area contributed by atoms with Crippen LogP contribution in [0.1, 0.15) is 0 Å². The van der Waals surface area contributed by atoms with Gasteiger partial charge in [-0.3, -0.25) is 0 Å². The van der Waals surface area contributed by atoms with Gasteiger partial charge in [0.15, 0.2) is 0 Å². The molecule has 0 amide bonds. The fraction of sp³-hybridized carbons (Fsp3) is 0. The van der Waals surface area contributed by atoms with Crippen molar-refractivity contribution >= 4 is 65.2 Å². The van der Waals surface area contributed by atoms with Gasteiger partial charge in [-0.25, -0.2) is 0 Å².